The van der Waals surface area contributed by atoms with Crippen LogP contribution >= 0.6 is 11.8 Å². The van der Waals surface area contributed by atoms with Gasteiger partial charge in [0, 0.05) is 37.0 Å². The van der Waals surface area contributed by atoms with Gasteiger partial charge in [-0.05, 0) is 24.3 Å². The maximum absolute atomic E-state index is 12.3. The molecule has 0 aliphatic carbocycles. The topological polar surface area (TPSA) is 53.4 Å². The van der Waals surface area contributed by atoms with E-state index in [9.17, 15) is 4.79 Å². The number of carbonyl (C=O) groups excluding carboxylic acids is 1. The van der Waals surface area contributed by atoms with Gasteiger partial charge >= 0.3 is 0 Å². The minimum absolute atomic E-state index is 0.00219. The Labute approximate surface area is 123 Å². The SMILES string of the molecule is O=C(c1ccc(C#CCCO)cn1)N1CCCSCC1. The Morgan fingerprint density at radius 2 is 2.30 bits per heavy atom. The Bertz CT molecular complexity index is 497. The summed E-state index contributed by atoms with van der Waals surface area (Å²) in [6, 6.07) is 3.53. The first-order valence-corrected chi connectivity index (χ1v) is 7.89. The third kappa shape index (κ3) is 4.26. The van der Waals surface area contributed by atoms with Crippen molar-refractivity contribution in [3.05, 3.63) is 29.6 Å². The van der Waals surface area contributed by atoms with Crippen molar-refractivity contribution in [2.24, 2.45) is 0 Å². The number of rotatable bonds is 2. The first kappa shape index (κ1) is 14.9. The Morgan fingerprint density at radius 1 is 1.40 bits per heavy atom. The highest BCUT2D eigenvalue weighted by Crippen LogP contribution is 2.12. The lowest BCUT2D eigenvalue weighted by atomic mass is 10.2. The Morgan fingerprint density at radius 3 is 3.05 bits per heavy atom. The third-order valence-corrected chi connectivity index (χ3v) is 4.01. The molecule has 0 spiro atoms. The van der Waals surface area contributed by atoms with Crippen molar-refractivity contribution >= 4 is 17.7 Å². The van der Waals surface area contributed by atoms with E-state index in [1.54, 1.807) is 18.3 Å². The highest BCUT2D eigenvalue weighted by molar-refractivity contribution is 7.99. The van der Waals surface area contributed by atoms with Gasteiger partial charge in [0.1, 0.15) is 5.69 Å². The highest BCUT2D eigenvalue weighted by Gasteiger charge is 2.18. The van der Waals surface area contributed by atoms with Crippen LogP contribution in [0.25, 0.3) is 0 Å². The second-order valence-electron chi connectivity index (χ2n) is 4.47. The fraction of sp³-hybridized carbons (Fsp3) is 0.467. The lowest BCUT2D eigenvalue weighted by Gasteiger charge is -2.19. The number of aliphatic hydroxyl groups is 1. The van der Waals surface area contributed by atoms with E-state index in [1.807, 2.05) is 16.7 Å². The van der Waals surface area contributed by atoms with Crippen LogP contribution in [-0.4, -0.2) is 52.1 Å². The van der Waals surface area contributed by atoms with E-state index in [0.717, 1.165) is 36.6 Å². The zero-order valence-electron chi connectivity index (χ0n) is 11.3. The molecule has 5 heteroatoms. The van der Waals surface area contributed by atoms with Crippen LogP contribution in [0.4, 0.5) is 0 Å². The lowest BCUT2D eigenvalue weighted by molar-refractivity contribution is 0.0762. The number of aliphatic hydroxyl groups excluding tert-OH is 1. The molecule has 0 saturated carbocycles. The summed E-state index contributed by atoms with van der Waals surface area (Å²) >= 11 is 1.89. The van der Waals surface area contributed by atoms with E-state index in [-0.39, 0.29) is 12.5 Å². The number of hydrogen-bond donors (Lipinski definition) is 1. The quantitative estimate of drug-likeness (QED) is 0.837. The van der Waals surface area contributed by atoms with E-state index < -0.39 is 0 Å². The lowest BCUT2D eigenvalue weighted by Crippen LogP contribution is -2.33. The number of pyridine rings is 1. The minimum Gasteiger partial charge on any atom is -0.395 e. The van der Waals surface area contributed by atoms with Crippen molar-refractivity contribution in [2.75, 3.05) is 31.2 Å². The molecule has 0 aromatic carbocycles. The molecule has 1 aromatic heterocycles. The predicted octanol–water partition coefficient (Wildman–Crippen LogP) is 1.39. The van der Waals surface area contributed by atoms with Gasteiger partial charge in [0.15, 0.2) is 0 Å². The molecule has 1 aliphatic heterocycles. The van der Waals surface area contributed by atoms with Crippen LogP contribution in [0.15, 0.2) is 18.3 Å². The second-order valence-corrected chi connectivity index (χ2v) is 5.69. The summed E-state index contributed by atoms with van der Waals surface area (Å²) in [6.07, 6.45) is 3.11. The van der Waals surface area contributed by atoms with Crippen molar-refractivity contribution in [3.63, 3.8) is 0 Å². The van der Waals surface area contributed by atoms with Crippen LogP contribution in [0.3, 0.4) is 0 Å². The zero-order chi connectivity index (χ0) is 14.2. The van der Waals surface area contributed by atoms with Crippen molar-refractivity contribution < 1.29 is 9.90 Å². The molecule has 1 aromatic rings. The summed E-state index contributed by atoms with van der Waals surface area (Å²) in [7, 11) is 0. The van der Waals surface area contributed by atoms with Gasteiger partial charge in [-0.3, -0.25) is 4.79 Å². The fourth-order valence-electron chi connectivity index (χ4n) is 1.93. The number of thioether (sulfide) groups is 1. The number of hydrogen-bond acceptors (Lipinski definition) is 4. The largest absolute Gasteiger partial charge is 0.395 e. The molecule has 4 nitrogen and oxygen atoms in total. The molecule has 20 heavy (non-hydrogen) atoms. The summed E-state index contributed by atoms with van der Waals surface area (Å²) in [4.78, 5) is 18.4. The van der Waals surface area contributed by atoms with Crippen LogP contribution < -0.4 is 0 Å². The molecule has 1 saturated heterocycles. The fourth-order valence-corrected chi connectivity index (χ4v) is 2.81. The van der Waals surface area contributed by atoms with Gasteiger partial charge in [0.2, 0.25) is 0 Å². The summed E-state index contributed by atoms with van der Waals surface area (Å²) in [5.74, 6) is 7.85. The molecule has 0 bridgehead atoms. The van der Waals surface area contributed by atoms with Crippen molar-refractivity contribution in [1.82, 2.24) is 9.88 Å². The van der Waals surface area contributed by atoms with Crippen molar-refractivity contribution in [2.45, 2.75) is 12.8 Å². The smallest absolute Gasteiger partial charge is 0.272 e. The molecule has 1 N–H and O–H groups in total. The molecular formula is C15H18N2O2S. The van der Waals surface area contributed by atoms with E-state index in [0.29, 0.717) is 12.1 Å². The first-order valence-electron chi connectivity index (χ1n) is 6.74. The molecule has 1 aliphatic rings. The Kier molecular flexibility index (Phi) is 5.90. The summed E-state index contributed by atoms with van der Waals surface area (Å²) in [5.41, 5.74) is 1.24. The minimum atomic E-state index is 0.00219. The zero-order valence-corrected chi connectivity index (χ0v) is 12.2. The Balaban J connectivity index is 2.01. The maximum Gasteiger partial charge on any atom is 0.272 e. The second kappa shape index (κ2) is 7.93. The molecule has 1 amide bonds. The predicted molar refractivity (Wildman–Crippen MR) is 80.7 cm³/mol. The van der Waals surface area contributed by atoms with Crippen LogP contribution in [-0.2, 0) is 0 Å². The molecule has 1 fully saturated rings. The van der Waals surface area contributed by atoms with Crippen LogP contribution in [0, 0.1) is 11.8 Å². The van der Waals surface area contributed by atoms with Gasteiger partial charge in [-0.1, -0.05) is 11.8 Å². The number of carbonyl (C=O) groups is 1. The van der Waals surface area contributed by atoms with Crippen LogP contribution in [0.2, 0.25) is 0 Å². The number of nitrogens with zero attached hydrogens (tertiary/aromatic N) is 2. The van der Waals surface area contributed by atoms with Crippen LogP contribution in [0.1, 0.15) is 28.9 Å². The maximum atomic E-state index is 12.3. The van der Waals surface area contributed by atoms with Crippen molar-refractivity contribution in [1.29, 1.82) is 0 Å². The average molecular weight is 290 g/mol. The summed E-state index contributed by atoms with van der Waals surface area (Å²) in [5, 5.41) is 8.66. The van der Waals surface area contributed by atoms with E-state index in [1.165, 1.54) is 0 Å². The van der Waals surface area contributed by atoms with Gasteiger partial charge in [-0.2, -0.15) is 11.8 Å². The molecule has 2 heterocycles. The third-order valence-electron chi connectivity index (χ3n) is 2.96. The van der Waals surface area contributed by atoms with Crippen LogP contribution in [0.5, 0.6) is 0 Å². The standard InChI is InChI=1S/C15H18N2O2S/c18-9-2-1-4-13-5-6-14(16-12-13)15(19)17-7-3-10-20-11-8-17/h5-6,12,18H,2-3,7-11H2. The molecular weight excluding hydrogens is 272 g/mol. The highest BCUT2D eigenvalue weighted by atomic mass is 32.2. The average Bonchev–Trinajstić information content (AvgIpc) is 2.77. The number of amides is 1. The van der Waals surface area contributed by atoms with Crippen molar-refractivity contribution in [3.8, 4) is 11.8 Å². The van der Waals surface area contributed by atoms with E-state index in [4.69, 9.17) is 5.11 Å². The van der Waals surface area contributed by atoms with Gasteiger partial charge in [-0.15, -0.1) is 0 Å². The molecule has 106 valence electrons. The summed E-state index contributed by atoms with van der Waals surface area (Å²) in [6.45, 7) is 1.67. The first-order chi connectivity index (χ1) is 9.81. The molecule has 0 unspecified atom stereocenters. The van der Waals surface area contributed by atoms with E-state index in [2.05, 4.69) is 16.8 Å². The van der Waals surface area contributed by atoms with E-state index >= 15 is 0 Å². The molecule has 2 rings (SSSR count). The monoisotopic (exact) mass is 290 g/mol. The van der Waals surface area contributed by atoms with Gasteiger partial charge in [0.25, 0.3) is 5.91 Å². The molecule has 0 atom stereocenters. The van der Waals surface area contributed by atoms with Gasteiger partial charge in [0.05, 0.1) is 6.61 Å². The van der Waals surface area contributed by atoms with Gasteiger partial charge in [-0.25, -0.2) is 4.98 Å². The number of aromatic nitrogens is 1. The molecule has 0 radical (unpaired) electrons. The normalized spacial score (nSPS) is 15.2. The summed E-state index contributed by atoms with van der Waals surface area (Å²) < 4.78 is 0. The van der Waals surface area contributed by atoms with Gasteiger partial charge < -0.3 is 10.0 Å². The Hall–Kier alpha value is -1.51.